The summed E-state index contributed by atoms with van der Waals surface area (Å²) in [6.45, 7) is 2.59. The van der Waals surface area contributed by atoms with Gasteiger partial charge in [0, 0.05) is 13.8 Å². The van der Waals surface area contributed by atoms with Crippen molar-refractivity contribution in [2.45, 2.75) is 52.2 Å². The zero-order chi connectivity index (χ0) is 12.7. The van der Waals surface area contributed by atoms with Crippen molar-refractivity contribution in [3.63, 3.8) is 0 Å². The number of hydrogen-bond acceptors (Lipinski definition) is 4. The first-order chi connectivity index (χ1) is 8.08. The van der Waals surface area contributed by atoms with E-state index in [1.165, 1.54) is 39.5 Å². The molecule has 0 heterocycles. The van der Waals surface area contributed by atoms with Crippen LogP contribution in [0, 0.1) is 5.92 Å². The van der Waals surface area contributed by atoms with E-state index in [0.29, 0.717) is 0 Å². The minimum absolute atomic E-state index is 0.457. The first kappa shape index (κ1) is 13.7. The van der Waals surface area contributed by atoms with Gasteiger partial charge in [-0.15, -0.1) is 0 Å². The fourth-order valence-electron chi connectivity index (χ4n) is 2.06. The third kappa shape index (κ3) is 6.09. The van der Waals surface area contributed by atoms with E-state index in [0.717, 1.165) is 12.3 Å². The highest BCUT2D eigenvalue weighted by atomic mass is 16.7. The molecule has 4 nitrogen and oxygen atoms in total. The topological polar surface area (TPSA) is 52.6 Å². The van der Waals surface area contributed by atoms with Gasteiger partial charge in [-0.3, -0.25) is 9.59 Å². The standard InChI is InChI=1S/C13H20O4/c1-10(14)16-13(17-11(2)15)9-5-8-12-6-3-4-7-12/h5,9,12-13H,3-4,6-8H2,1-2H3/b9-5-. The predicted octanol–water partition coefficient (Wildman–Crippen LogP) is 2.58. The van der Waals surface area contributed by atoms with Crippen molar-refractivity contribution < 1.29 is 19.1 Å². The first-order valence-corrected chi connectivity index (χ1v) is 6.09. The Bertz CT molecular complexity index is 274. The molecule has 1 rings (SSSR count). The molecule has 0 amide bonds. The summed E-state index contributed by atoms with van der Waals surface area (Å²) in [7, 11) is 0. The quantitative estimate of drug-likeness (QED) is 0.421. The summed E-state index contributed by atoms with van der Waals surface area (Å²) in [5.41, 5.74) is 0. The summed E-state index contributed by atoms with van der Waals surface area (Å²) in [6, 6.07) is 0. The van der Waals surface area contributed by atoms with Crippen LogP contribution in [0.1, 0.15) is 46.0 Å². The maximum absolute atomic E-state index is 10.8. The van der Waals surface area contributed by atoms with Crippen molar-refractivity contribution >= 4 is 11.9 Å². The number of rotatable bonds is 5. The Labute approximate surface area is 102 Å². The van der Waals surface area contributed by atoms with Crippen LogP contribution in [0.3, 0.4) is 0 Å². The fourth-order valence-corrected chi connectivity index (χ4v) is 2.06. The van der Waals surface area contributed by atoms with Crippen LogP contribution >= 0.6 is 0 Å². The summed E-state index contributed by atoms with van der Waals surface area (Å²) in [5.74, 6) is -0.190. The normalized spacial score (nSPS) is 16.6. The van der Waals surface area contributed by atoms with Crippen molar-refractivity contribution in [1.29, 1.82) is 0 Å². The molecule has 0 aromatic rings. The molecule has 1 fully saturated rings. The van der Waals surface area contributed by atoms with Crippen LogP contribution in [0.4, 0.5) is 0 Å². The highest BCUT2D eigenvalue weighted by Gasteiger charge is 2.14. The summed E-state index contributed by atoms with van der Waals surface area (Å²) in [4.78, 5) is 21.6. The molecule has 0 spiro atoms. The van der Waals surface area contributed by atoms with Gasteiger partial charge in [0.15, 0.2) is 0 Å². The third-order valence-corrected chi connectivity index (χ3v) is 2.80. The minimum atomic E-state index is -0.883. The average Bonchev–Trinajstić information content (AvgIpc) is 2.68. The van der Waals surface area contributed by atoms with Gasteiger partial charge in [-0.1, -0.05) is 31.8 Å². The van der Waals surface area contributed by atoms with Crippen molar-refractivity contribution in [3.05, 3.63) is 12.2 Å². The molecule has 4 heteroatoms. The van der Waals surface area contributed by atoms with Crippen molar-refractivity contribution in [2.75, 3.05) is 0 Å². The minimum Gasteiger partial charge on any atom is -0.421 e. The van der Waals surface area contributed by atoms with Crippen molar-refractivity contribution in [2.24, 2.45) is 5.92 Å². The summed E-state index contributed by atoms with van der Waals surface area (Å²) in [5, 5.41) is 0. The van der Waals surface area contributed by atoms with Gasteiger partial charge in [0.1, 0.15) is 0 Å². The number of hydrogen-bond donors (Lipinski definition) is 0. The van der Waals surface area contributed by atoms with Crippen molar-refractivity contribution in [3.8, 4) is 0 Å². The second kappa shape index (κ2) is 7.09. The second-order valence-corrected chi connectivity index (χ2v) is 4.40. The van der Waals surface area contributed by atoms with E-state index in [2.05, 4.69) is 0 Å². The number of allylic oxidation sites excluding steroid dienone is 1. The molecule has 0 unspecified atom stereocenters. The molecule has 0 aromatic heterocycles. The maximum Gasteiger partial charge on any atom is 0.305 e. The van der Waals surface area contributed by atoms with E-state index in [1.54, 1.807) is 6.08 Å². The van der Waals surface area contributed by atoms with Gasteiger partial charge in [-0.2, -0.15) is 0 Å². The Morgan fingerprint density at radius 2 is 1.71 bits per heavy atom. The molecule has 17 heavy (non-hydrogen) atoms. The molecular weight excluding hydrogens is 220 g/mol. The van der Waals surface area contributed by atoms with E-state index >= 15 is 0 Å². The highest BCUT2D eigenvalue weighted by Crippen LogP contribution is 2.27. The summed E-state index contributed by atoms with van der Waals surface area (Å²) in [6.07, 6.45) is 8.77. The maximum atomic E-state index is 10.8. The number of carbonyl (C=O) groups excluding carboxylic acids is 2. The first-order valence-electron chi connectivity index (χ1n) is 6.09. The lowest BCUT2D eigenvalue weighted by Gasteiger charge is -2.13. The Kier molecular flexibility index (Phi) is 5.73. The van der Waals surface area contributed by atoms with Gasteiger partial charge < -0.3 is 9.47 Å². The molecule has 1 aliphatic rings. The Hall–Kier alpha value is -1.32. The van der Waals surface area contributed by atoms with Crippen molar-refractivity contribution in [1.82, 2.24) is 0 Å². The molecule has 0 N–H and O–H groups in total. The van der Waals surface area contributed by atoms with E-state index in [-0.39, 0.29) is 0 Å². The summed E-state index contributed by atoms with van der Waals surface area (Å²) >= 11 is 0. The largest absolute Gasteiger partial charge is 0.421 e. The molecular formula is C13H20O4. The van der Waals surface area contributed by atoms with Crippen LogP contribution in [0.15, 0.2) is 12.2 Å². The predicted molar refractivity (Wildman–Crippen MR) is 63.0 cm³/mol. The summed E-state index contributed by atoms with van der Waals surface area (Å²) < 4.78 is 9.71. The Balaban J connectivity index is 2.37. The van der Waals surface area contributed by atoms with E-state index in [1.807, 2.05) is 6.08 Å². The van der Waals surface area contributed by atoms with Crippen LogP contribution in [-0.2, 0) is 19.1 Å². The highest BCUT2D eigenvalue weighted by molar-refractivity contribution is 5.68. The Morgan fingerprint density at radius 3 is 2.18 bits per heavy atom. The monoisotopic (exact) mass is 240 g/mol. The van der Waals surface area contributed by atoms with Gasteiger partial charge in [0.2, 0.25) is 0 Å². The lowest BCUT2D eigenvalue weighted by molar-refractivity contribution is -0.176. The lowest BCUT2D eigenvalue weighted by atomic mass is 10.0. The van der Waals surface area contributed by atoms with Gasteiger partial charge in [-0.25, -0.2) is 0 Å². The molecule has 1 saturated carbocycles. The van der Waals surface area contributed by atoms with Crippen LogP contribution in [-0.4, -0.2) is 18.2 Å². The van der Waals surface area contributed by atoms with E-state index in [4.69, 9.17) is 9.47 Å². The second-order valence-electron chi connectivity index (χ2n) is 4.40. The molecule has 0 saturated heterocycles. The molecule has 1 aliphatic carbocycles. The zero-order valence-electron chi connectivity index (χ0n) is 10.5. The smallest absolute Gasteiger partial charge is 0.305 e. The van der Waals surface area contributed by atoms with Crippen LogP contribution in [0.2, 0.25) is 0 Å². The van der Waals surface area contributed by atoms with Crippen LogP contribution in [0.25, 0.3) is 0 Å². The number of esters is 2. The third-order valence-electron chi connectivity index (χ3n) is 2.80. The molecule has 0 aromatic carbocycles. The number of ether oxygens (including phenoxy) is 2. The fraction of sp³-hybridized carbons (Fsp3) is 0.692. The van der Waals surface area contributed by atoms with E-state index in [9.17, 15) is 9.59 Å². The molecule has 0 radical (unpaired) electrons. The molecule has 0 atom stereocenters. The van der Waals surface area contributed by atoms with Gasteiger partial charge in [0.05, 0.1) is 0 Å². The molecule has 0 bridgehead atoms. The molecule has 0 aliphatic heterocycles. The number of carbonyl (C=O) groups is 2. The van der Waals surface area contributed by atoms with Crippen LogP contribution < -0.4 is 0 Å². The van der Waals surface area contributed by atoms with Gasteiger partial charge in [0.25, 0.3) is 6.29 Å². The van der Waals surface area contributed by atoms with Crippen LogP contribution in [0.5, 0.6) is 0 Å². The Morgan fingerprint density at radius 1 is 1.18 bits per heavy atom. The average molecular weight is 240 g/mol. The molecule has 96 valence electrons. The zero-order valence-corrected chi connectivity index (χ0v) is 10.5. The SMILES string of the molecule is CC(=O)OC(/C=C\CC1CCCC1)OC(C)=O. The van der Waals surface area contributed by atoms with Gasteiger partial charge >= 0.3 is 11.9 Å². The van der Waals surface area contributed by atoms with E-state index < -0.39 is 18.2 Å². The van der Waals surface area contributed by atoms with Gasteiger partial charge in [-0.05, 0) is 18.4 Å². The lowest BCUT2D eigenvalue weighted by Crippen LogP contribution is -2.20.